The molecule has 0 aliphatic heterocycles. The van der Waals surface area contributed by atoms with Gasteiger partial charge in [-0.1, -0.05) is 47.5 Å². The molecule has 0 aliphatic rings. The molecule has 0 fully saturated rings. The summed E-state index contributed by atoms with van der Waals surface area (Å²) in [5, 5.41) is 27.3. The zero-order chi connectivity index (χ0) is 50.2. The van der Waals surface area contributed by atoms with E-state index in [1.165, 1.54) is 54.6 Å². The van der Waals surface area contributed by atoms with Crippen LogP contribution in [0.2, 0.25) is 10.0 Å². The quantitative estimate of drug-likeness (QED) is 0.0296. The van der Waals surface area contributed by atoms with E-state index in [1.54, 1.807) is 50.2 Å². The molecule has 16 nitrogen and oxygen atoms in total. The average Bonchev–Trinajstić information content (AvgIpc) is 3.30. The zero-order valence-corrected chi connectivity index (χ0v) is 41.3. The Balaban J connectivity index is 1.28. The summed E-state index contributed by atoms with van der Waals surface area (Å²) in [5.74, 6) is -2.79. The predicted molar refractivity (Wildman–Crippen MR) is 269 cm³/mol. The highest BCUT2D eigenvalue weighted by Gasteiger charge is 2.26. The van der Waals surface area contributed by atoms with Crippen molar-refractivity contribution < 1.29 is 38.2 Å². The number of benzene rings is 5. The van der Waals surface area contributed by atoms with Crippen LogP contribution in [0.25, 0.3) is 0 Å². The van der Waals surface area contributed by atoms with Crippen LogP contribution in [0.15, 0.2) is 111 Å². The second kappa shape index (κ2) is 25.8. The van der Waals surface area contributed by atoms with E-state index in [0.717, 1.165) is 13.8 Å². The van der Waals surface area contributed by atoms with Gasteiger partial charge in [-0.2, -0.15) is 20.5 Å². The third-order valence-corrected chi connectivity index (χ3v) is 10.9. The lowest BCUT2D eigenvalue weighted by molar-refractivity contribution is -0.127. The molecule has 0 spiro atoms. The van der Waals surface area contributed by atoms with Gasteiger partial charge in [-0.3, -0.25) is 28.8 Å². The fraction of sp³-hybridized carbons (Fsp3) is 0.250. The van der Waals surface area contributed by atoms with Gasteiger partial charge >= 0.3 is 0 Å². The molecule has 0 saturated heterocycles. The predicted octanol–water partition coefficient (Wildman–Crippen LogP) is 11.9. The Hall–Kier alpha value is -6.43. The zero-order valence-electron chi connectivity index (χ0n) is 37.5. The number of nitrogens with zero attached hydrogens (tertiary/aromatic N) is 4. The van der Waals surface area contributed by atoms with Gasteiger partial charge in [0.25, 0.3) is 23.6 Å². The first kappa shape index (κ1) is 53.5. The molecule has 69 heavy (non-hydrogen) atoms. The molecule has 0 aliphatic carbocycles. The number of nitrogens with one attached hydrogen (secondary N) is 4. The third-order valence-electron chi connectivity index (χ3n) is 9.68. The van der Waals surface area contributed by atoms with E-state index < -0.39 is 47.3 Å². The van der Waals surface area contributed by atoms with Crippen LogP contribution in [0.5, 0.6) is 11.5 Å². The molecule has 5 rings (SSSR count). The van der Waals surface area contributed by atoms with E-state index in [9.17, 15) is 28.8 Å². The average molecular weight is 1040 g/mol. The monoisotopic (exact) mass is 1040 g/mol. The number of amides is 4. The summed E-state index contributed by atoms with van der Waals surface area (Å²) >= 11 is 30.9. The second-order valence-corrected chi connectivity index (χ2v) is 16.6. The lowest BCUT2D eigenvalue weighted by atomic mass is 10.1. The smallest absolute Gasteiger partial charge is 0.258 e. The van der Waals surface area contributed by atoms with Gasteiger partial charge in [0.15, 0.2) is 11.6 Å². The highest BCUT2D eigenvalue weighted by atomic mass is 35.5. The standard InChI is InChI=1S/C48H45Cl5N8O8/c1-5-68-43-29(24-50)9-7-11-39(43)56-45(64)31-17-33(52)22-36(20-31)58-60-41(26(3)62)47(66)54-35-13-14-38(28(19-35)15-16-49)55-48(67)42(27(4)63)61-59-37-21-32(18-34(53)23-37)46(65)57-40-12-8-10-30(25-51)44(40)69-6-2/h7-14,17-23,41-42H,5-6,15-16,24-25H2,1-4H3,(H,54,66)(H,55,67)(H,56,64)(H,57,65). The maximum Gasteiger partial charge on any atom is 0.258 e. The second-order valence-electron chi connectivity index (χ2n) is 14.8. The van der Waals surface area contributed by atoms with Crippen molar-refractivity contribution in [1.82, 2.24) is 0 Å². The minimum atomic E-state index is -1.62. The summed E-state index contributed by atoms with van der Waals surface area (Å²) in [6.07, 6.45) is 0.203. The molecule has 4 amide bonds. The van der Waals surface area contributed by atoms with E-state index in [0.29, 0.717) is 52.8 Å². The van der Waals surface area contributed by atoms with Crippen LogP contribution in [-0.2, 0) is 37.4 Å². The molecule has 0 radical (unpaired) electrons. The number of ether oxygens (including phenoxy) is 2. The number of anilines is 4. The number of Topliss-reactive ketones (excluding diaryl/α,β-unsaturated/α-hetero) is 2. The van der Waals surface area contributed by atoms with Gasteiger partial charge in [0.05, 0.1) is 47.7 Å². The van der Waals surface area contributed by atoms with Crippen molar-refractivity contribution in [3.63, 3.8) is 0 Å². The number of para-hydroxylation sites is 2. The van der Waals surface area contributed by atoms with E-state index >= 15 is 0 Å². The van der Waals surface area contributed by atoms with Crippen molar-refractivity contribution in [3.8, 4) is 11.5 Å². The minimum Gasteiger partial charge on any atom is -0.491 e. The summed E-state index contributed by atoms with van der Waals surface area (Å²) in [6, 6.07) is 19.9. The molecule has 2 unspecified atom stereocenters. The Labute approximate surface area is 422 Å². The van der Waals surface area contributed by atoms with Gasteiger partial charge < -0.3 is 30.7 Å². The molecular weight excluding hydrogens is 994 g/mol. The number of carbonyl (C=O) groups is 6. The lowest BCUT2D eigenvalue weighted by Gasteiger charge is -2.16. The topological polar surface area (TPSA) is 218 Å². The summed E-state index contributed by atoms with van der Waals surface area (Å²) < 4.78 is 11.4. The molecule has 0 aromatic heterocycles. The highest BCUT2D eigenvalue weighted by molar-refractivity contribution is 6.32. The fourth-order valence-corrected chi connectivity index (χ4v) is 7.60. The van der Waals surface area contributed by atoms with Crippen molar-refractivity contribution in [2.45, 2.75) is 58.0 Å². The van der Waals surface area contributed by atoms with Crippen LogP contribution in [0.1, 0.15) is 65.1 Å². The minimum absolute atomic E-state index is 0.0830. The Kier molecular flexibility index (Phi) is 20.0. The first-order valence-corrected chi connectivity index (χ1v) is 23.4. The van der Waals surface area contributed by atoms with Gasteiger partial charge in [-0.05, 0) is 106 Å². The number of azo groups is 2. The maximum atomic E-state index is 13.6. The van der Waals surface area contributed by atoms with Gasteiger partial charge in [-0.25, -0.2) is 0 Å². The van der Waals surface area contributed by atoms with Crippen LogP contribution >= 0.6 is 58.0 Å². The van der Waals surface area contributed by atoms with Gasteiger partial charge in [-0.15, -0.1) is 34.8 Å². The maximum absolute atomic E-state index is 13.6. The van der Waals surface area contributed by atoms with Gasteiger partial charge in [0.1, 0.15) is 11.5 Å². The molecule has 4 N–H and O–H groups in total. The van der Waals surface area contributed by atoms with E-state index in [2.05, 4.69) is 41.7 Å². The molecular formula is C48H45Cl5N8O8. The Morgan fingerprint density at radius 1 is 0.551 bits per heavy atom. The molecule has 0 heterocycles. The first-order valence-electron chi connectivity index (χ1n) is 21.1. The summed E-state index contributed by atoms with van der Waals surface area (Å²) in [6.45, 7) is 6.60. The highest BCUT2D eigenvalue weighted by Crippen LogP contribution is 2.33. The van der Waals surface area contributed by atoms with Crippen LogP contribution in [0.3, 0.4) is 0 Å². The van der Waals surface area contributed by atoms with Crippen molar-refractivity contribution in [1.29, 1.82) is 0 Å². The van der Waals surface area contributed by atoms with Gasteiger partial charge in [0.2, 0.25) is 12.1 Å². The number of ketones is 2. The first-order chi connectivity index (χ1) is 33.1. The van der Waals surface area contributed by atoms with Crippen molar-refractivity contribution in [3.05, 3.63) is 129 Å². The van der Waals surface area contributed by atoms with Crippen LogP contribution in [-0.4, -0.2) is 66.4 Å². The normalized spacial score (nSPS) is 12.0. The molecule has 360 valence electrons. The number of hydrogen-bond donors (Lipinski definition) is 4. The van der Waals surface area contributed by atoms with Crippen LogP contribution in [0.4, 0.5) is 34.1 Å². The number of rotatable bonds is 22. The van der Waals surface area contributed by atoms with E-state index in [-0.39, 0.29) is 68.0 Å². The Morgan fingerprint density at radius 3 is 1.43 bits per heavy atom. The van der Waals surface area contributed by atoms with Crippen molar-refractivity contribution in [2.24, 2.45) is 20.5 Å². The number of aryl methyl sites for hydroxylation is 1. The number of hydrogen-bond acceptors (Lipinski definition) is 12. The summed E-state index contributed by atoms with van der Waals surface area (Å²) in [7, 11) is 0. The van der Waals surface area contributed by atoms with Crippen LogP contribution in [0, 0.1) is 0 Å². The SMILES string of the molecule is CCOc1c(CCl)cccc1NC(=O)c1cc(Cl)cc(N=NC(C(C)=O)C(=O)Nc2ccc(NC(=O)C(N=Nc3cc(Cl)cc(C(=O)Nc4cccc(CCl)c4OCC)c3)C(C)=O)c(CCCl)c2)c1. The molecule has 2 atom stereocenters. The van der Waals surface area contributed by atoms with E-state index in [4.69, 9.17) is 67.5 Å². The van der Waals surface area contributed by atoms with Crippen molar-refractivity contribution >= 4 is 127 Å². The summed E-state index contributed by atoms with van der Waals surface area (Å²) in [4.78, 5) is 79.1. The Bertz CT molecular complexity index is 2810. The Morgan fingerprint density at radius 2 is 1.01 bits per heavy atom. The molecule has 21 heteroatoms. The molecule has 5 aromatic rings. The number of alkyl halides is 3. The molecule has 0 bridgehead atoms. The molecule has 5 aromatic carbocycles. The van der Waals surface area contributed by atoms with Crippen LogP contribution < -0.4 is 30.7 Å². The largest absolute Gasteiger partial charge is 0.491 e. The van der Waals surface area contributed by atoms with Crippen molar-refractivity contribution in [2.75, 3.05) is 40.4 Å². The molecule has 0 saturated carbocycles. The lowest BCUT2D eigenvalue weighted by Crippen LogP contribution is -2.32. The summed E-state index contributed by atoms with van der Waals surface area (Å²) in [5.41, 5.74) is 3.44. The number of carbonyl (C=O) groups excluding carboxylic acids is 6. The third kappa shape index (κ3) is 14.8. The number of halogens is 5. The fourth-order valence-electron chi connectivity index (χ4n) is 6.52. The van der Waals surface area contributed by atoms with Gasteiger partial charge in [0, 0.05) is 49.6 Å². The van der Waals surface area contributed by atoms with E-state index in [1.807, 2.05) is 0 Å².